The minimum Gasteiger partial charge on any atom is -0.347 e. The van der Waals surface area contributed by atoms with Gasteiger partial charge in [-0.25, -0.2) is 0 Å². The number of benzene rings is 1. The Labute approximate surface area is 111 Å². The summed E-state index contributed by atoms with van der Waals surface area (Å²) in [6.45, 7) is -1.26. The summed E-state index contributed by atoms with van der Waals surface area (Å²) in [4.78, 5) is 11.5. The Bertz CT molecular complexity index is 461. The molecule has 1 aliphatic rings. The molecule has 0 bridgehead atoms. The Morgan fingerprint density at radius 1 is 1.44 bits per heavy atom. The van der Waals surface area contributed by atoms with Crippen molar-refractivity contribution >= 4 is 21.8 Å². The molecular weight excluding hydrogens is 311 g/mol. The molecular formula is C12H11BrF3NO. The van der Waals surface area contributed by atoms with Crippen molar-refractivity contribution in [1.82, 2.24) is 5.32 Å². The summed E-state index contributed by atoms with van der Waals surface area (Å²) >= 11 is 3.32. The molecule has 0 aromatic heterocycles. The average molecular weight is 322 g/mol. The SMILES string of the molecule is O=C(NCC(F)(F)F)[C@@H]1C[C@H]1c1cccc(Br)c1. The van der Waals surface area contributed by atoms with Crippen LogP contribution in [0.1, 0.15) is 17.9 Å². The number of carbonyl (C=O) groups excluding carboxylic acids is 1. The van der Waals surface area contributed by atoms with Gasteiger partial charge in [0.1, 0.15) is 6.54 Å². The molecule has 1 fully saturated rings. The van der Waals surface area contributed by atoms with E-state index in [9.17, 15) is 18.0 Å². The summed E-state index contributed by atoms with van der Waals surface area (Å²) in [5, 5.41) is 1.92. The van der Waals surface area contributed by atoms with E-state index in [1.165, 1.54) is 0 Å². The van der Waals surface area contributed by atoms with E-state index < -0.39 is 18.6 Å². The summed E-state index contributed by atoms with van der Waals surface area (Å²) in [6.07, 6.45) is -3.74. The maximum absolute atomic E-state index is 12.0. The molecule has 0 heterocycles. The molecule has 0 saturated heterocycles. The van der Waals surface area contributed by atoms with Gasteiger partial charge < -0.3 is 5.32 Å². The van der Waals surface area contributed by atoms with Crippen LogP contribution in [0.15, 0.2) is 28.7 Å². The lowest BCUT2D eigenvalue weighted by Gasteiger charge is -2.08. The van der Waals surface area contributed by atoms with Crippen LogP contribution < -0.4 is 5.32 Å². The van der Waals surface area contributed by atoms with Gasteiger partial charge in [0, 0.05) is 10.4 Å². The normalized spacial score (nSPS) is 22.7. The molecule has 1 amide bonds. The average Bonchev–Trinajstić information content (AvgIpc) is 3.05. The highest BCUT2D eigenvalue weighted by atomic mass is 79.9. The van der Waals surface area contributed by atoms with Gasteiger partial charge in [0.05, 0.1) is 0 Å². The van der Waals surface area contributed by atoms with Gasteiger partial charge in [-0.2, -0.15) is 13.2 Å². The van der Waals surface area contributed by atoms with Gasteiger partial charge in [-0.3, -0.25) is 4.79 Å². The van der Waals surface area contributed by atoms with Gasteiger partial charge in [0.25, 0.3) is 0 Å². The van der Waals surface area contributed by atoms with Crippen molar-refractivity contribution in [3.8, 4) is 0 Å². The predicted octanol–water partition coefficient (Wildman–Crippen LogP) is 3.23. The van der Waals surface area contributed by atoms with Crippen LogP contribution in [-0.4, -0.2) is 18.6 Å². The van der Waals surface area contributed by atoms with E-state index in [0.717, 1.165) is 10.0 Å². The lowest BCUT2D eigenvalue weighted by Crippen LogP contribution is -2.34. The fourth-order valence-corrected chi connectivity index (χ4v) is 2.33. The molecule has 2 atom stereocenters. The zero-order valence-corrected chi connectivity index (χ0v) is 10.9. The lowest BCUT2D eigenvalue weighted by atomic mass is 10.1. The Morgan fingerprint density at radius 2 is 2.17 bits per heavy atom. The van der Waals surface area contributed by atoms with Crippen molar-refractivity contribution in [2.24, 2.45) is 5.92 Å². The number of amides is 1. The topological polar surface area (TPSA) is 29.1 Å². The van der Waals surface area contributed by atoms with Gasteiger partial charge in [-0.15, -0.1) is 0 Å². The molecule has 1 N–H and O–H groups in total. The standard InChI is InChI=1S/C12H11BrF3NO/c13-8-3-1-2-7(4-8)9-5-10(9)11(18)17-6-12(14,15)16/h1-4,9-10H,5-6H2,(H,17,18)/t9-,10+/m0/s1. The Hall–Kier alpha value is -1.04. The van der Waals surface area contributed by atoms with Crippen molar-refractivity contribution in [3.63, 3.8) is 0 Å². The summed E-state index contributed by atoms with van der Waals surface area (Å²) < 4.78 is 36.8. The van der Waals surface area contributed by atoms with Crippen LogP contribution in [-0.2, 0) is 4.79 Å². The molecule has 1 aliphatic carbocycles. The number of rotatable bonds is 3. The summed E-state index contributed by atoms with van der Waals surface area (Å²) in [7, 11) is 0. The number of nitrogens with one attached hydrogen (secondary N) is 1. The van der Waals surface area contributed by atoms with Crippen molar-refractivity contribution in [3.05, 3.63) is 34.3 Å². The molecule has 0 unspecified atom stereocenters. The van der Waals surface area contributed by atoms with Crippen molar-refractivity contribution in [1.29, 1.82) is 0 Å². The van der Waals surface area contributed by atoms with Gasteiger partial charge in [0.2, 0.25) is 5.91 Å². The highest BCUT2D eigenvalue weighted by Gasteiger charge is 2.44. The zero-order valence-electron chi connectivity index (χ0n) is 9.30. The molecule has 6 heteroatoms. The smallest absolute Gasteiger partial charge is 0.347 e. The molecule has 2 nitrogen and oxygen atoms in total. The first kappa shape index (κ1) is 13.4. The number of hydrogen-bond acceptors (Lipinski definition) is 1. The molecule has 98 valence electrons. The van der Waals surface area contributed by atoms with Crippen molar-refractivity contribution in [2.45, 2.75) is 18.5 Å². The maximum atomic E-state index is 12.0. The maximum Gasteiger partial charge on any atom is 0.405 e. The minimum absolute atomic E-state index is 0.0377. The molecule has 0 aliphatic heterocycles. The number of hydrogen-bond donors (Lipinski definition) is 1. The largest absolute Gasteiger partial charge is 0.405 e. The van der Waals surface area contributed by atoms with E-state index in [0.29, 0.717) is 6.42 Å². The fourth-order valence-electron chi connectivity index (χ4n) is 1.91. The van der Waals surface area contributed by atoms with E-state index >= 15 is 0 Å². The second-order valence-corrected chi connectivity index (χ2v) is 5.25. The predicted molar refractivity (Wildman–Crippen MR) is 64.1 cm³/mol. The van der Waals surface area contributed by atoms with Gasteiger partial charge >= 0.3 is 6.18 Å². The van der Waals surface area contributed by atoms with Gasteiger partial charge in [-0.05, 0) is 30.0 Å². The van der Waals surface area contributed by atoms with E-state index in [1.54, 1.807) is 0 Å². The van der Waals surface area contributed by atoms with Gasteiger partial charge in [-0.1, -0.05) is 28.1 Å². The lowest BCUT2D eigenvalue weighted by molar-refractivity contribution is -0.139. The molecule has 1 aromatic rings. The van der Waals surface area contributed by atoms with Crippen LogP contribution >= 0.6 is 15.9 Å². The Morgan fingerprint density at radius 3 is 2.78 bits per heavy atom. The minimum atomic E-state index is -4.35. The summed E-state index contributed by atoms with van der Waals surface area (Å²) in [5.74, 6) is -0.810. The first-order valence-corrected chi connectivity index (χ1v) is 6.26. The van der Waals surface area contributed by atoms with Crippen molar-refractivity contribution < 1.29 is 18.0 Å². The monoisotopic (exact) mass is 321 g/mol. The quantitative estimate of drug-likeness (QED) is 0.909. The van der Waals surface area contributed by atoms with Crippen LogP contribution in [0.5, 0.6) is 0 Å². The third-order valence-corrected chi connectivity index (χ3v) is 3.36. The van der Waals surface area contributed by atoms with Gasteiger partial charge in [0.15, 0.2) is 0 Å². The molecule has 0 spiro atoms. The highest BCUT2D eigenvalue weighted by Crippen LogP contribution is 2.47. The number of alkyl halides is 3. The third kappa shape index (κ3) is 3.48. The molecule has 0 radical (unpaired) electrons. The van der Waals surface area contributed by atoms with E-state index in [4.69, 9.17) is 0 Å². The van der Waals surface area contributed by atoms with E-state index in [1.807, 2.05) is 29.6 Å². The van der Waals surface area contributed by atoms with E-state index in [-0.39, 0.29) is 11.8 Å². The molecule has 1 saturated carbocycles. The van der Waals surface area contributed by atoms with Crippen LogP contribution in [0.25, 0.3) is 0 Å². The van der Waals surface area contributed by atoms with Crippen molar-refractivity contribution in [2.75, 3.05) is 6.54 Å². The first-order valence-electron chi connectivity index (χ1n) is 5.47. The van der Waals surface area contributed by atoms with Crippen LogP contribution in [0, 0.1) is 5.92 Å². The Kier molecular flexibility index (Phi) is 3.66. The first-order chi connectivity index (χ1) is 8.37. The third-order valence-electron chi connectivity index (χ3n) is 2.87. The summed E-state index contributed by atoms with van der Waals surface area (Å²) in [5.41, 5.74) is 0.983. The number of halogens is 4. The fraction of sp³-hybridized carbons (Fsp3) is 0.417. The highest BCUT2D eigenvalue weighted by molar-refractivity contribution is 9.10. The van der Waals surface area contributed by atoms with Crippen LogP contribution in [0.3, 0.4) is 0 Å². The van der Waals surface area contributed by atoms with Crippen LogP contribution in [0.2, 0.25) is 0 Å². The zero-order chi connectivity index (χ0) is 13.3. The molecule has 2 rings (SSSR count). The second-order valence-electron chi connectivity index (χ2n) is 4.34. The summed E-state index contributed by atoms with van der Waals surface area (Å²) in [6, 6.07) is 7.49. The van der Waals surface area contributed by atoms with E-state index in [2.05, 4.69) is 15.9 Å². The molecule has 1 aromatic carbocycles. The molecule has 18 heavy (non-hydrogen) atoms. The Balaban J connectivity index is 1.89. The number of carbonyl (C=O) groups is 1. The van der Waals surface area contributed by atoms with Crippen LogP contribution in [0.4, 0.5) is 13.2 Å². The second kappa shape index (κ2) is 4.91.